The summed E-state index contributed by atoms with van der Waals surface area (Å²) in [6.07, 6.45) is -11.6. The van der Waals surface area contributed by atoms with Gasteiger partial charge in [0.25, 0.3) is 0 Å². The summed E-state index contributed by atoms with van der Waals surface area (Å²) in [5.41, 5.74) is 8.02. The Morgan fingerprint density at radius 3 is 1.50 bits per heavy atom. The molecule has 1 fully saturated rings. The fourth-order valence-electron chi connectivity index (χ4n) is 6.97. The maximum absolute atomic E-state index is 11.4. The number of phenols is 2. The molecular formula is C41H63N5O12. The quantitative estimate of drug-likeness (QED) is 0.0414. The molecule has 0 aromatic heterocycles. The number of aromatic hydroxyl groups is 2. The molecule has 0 spiro atoms. The summed E-state index contributed by atoms with van der Waals surface area (Å²) >= 11 is 0. The van der Waals surface area contributed by atoms with Gasteiger partial charge in [0.1, 0.15) is 42.0 Å². The second kappa shape index (κ2) is 23.4. The molecule has 17 nitrogen and oxygen atoms in total. The highest BCUT2D eigenvalue weighted by atomic mass is 16.7. The molecule has 1 aliphatic heterocycles. The minimum absolute atomic E-state index is 0.0178. The van der Waals surface area contributed by atoms with Gasteiger partial charge in [-0.15, -0.1) is 0 Å². The average Bonchev–Trinajstić information content (AvgIpc) is 3.30. The van der Waals surface area contributed by atoms with Gasteiger partial charge in [0, 0.05) is 101 Å². The fourth-order valence-corrected chi connectivity index (χ4v) is 6.97. The molecule has 3 aromatic rings. The Balaban J connectivity index is 1.47. The van der Waals surface area contributed by atoms with Crippen LogP contribution in [-0.4, -0.2) is 173 Å². The topological polar surface area (TPSA) is 266 Å². The number of hydrogen-bond acceptors (Lipinski definition) is 17. The van der Waals surface area contributed by atoms with Crippen LogP contribution in [0.15, 0.2) is 54.6 Å². The number of aryl methyl sites for hydroxylation is 2. The summed E-state index contributed by atoms with van der Waals surface area (Å²) < 4.78 is 0. The molecule has 7 atom stereocenters. The first kappa shape index (κ1) is 47.3. The molecule has 0 amide bonds. The average molecular weight is 818 g/mol. The minimum atomic E-state index is -1.82. The fraction of sp³-hybridized carbons (Fsp3) is 0.561. The lowest BCUT2D eigenvalue weighted by molar-refractivity contribution is -0.221. The van der Waals surface area contributed by atoms with Crippen molar-refractivity contribution in [3.63, 3.8) is 0 Å². The molecule has 3 aromatic carbocycles. The zero-order chi connectivity index (χ0) is 42.4. The van der Waals surface area contributed by atoms with Crippen molar-refractivity contribution in [1.29, 1.82) is 0 Å². The van der Waals surface area contributed by atoms with Gasteiger partial charge in [-0.25, -0.2) is 0 Å². The van der Waals surface area contributed by atoms with Gasteiger partial charge in [-0.3, -0.25) is 19.5 Å². The number of nitrogens with zero attached hydrogens (tertiary/aromatic N) is 3. The predicted molar refractivity (Wildman–Crippen MR) is 214 cm³/mol. The summed E-state index contributed by atoms with van der Waals surface area (Å²) in [4.78, 5) is 12.0. The van der Waals surface area contributed by atoms with Crippen molar-refractivity contribution in [2.24, 2.45) is 0 Å². The van der Waals surface area contributed by atoms with E-state index in [0.29, 0.717) is 49.4 Å². The van der Waals surface area contributed by atoms with E-state index in [1.807, 2.05) is 50.2 Å². The number of aliphatic hydroxyl groups excluding tert-OH is 9. The van der Waals surface area contributed by atoms with Crippen molar-refractivity contribution in [2.75, 3.05) is 59.0 Å². The van der Waals surface area contributed by atoms with Crippen molar-refractivity contribution in [1.82, 2.24) is 25.5 Å². The SMILES string of the molecule is Cc1cc(CNCC(O)C(O)C(O)C(O)CO)c(O)c(CN2CCN(Cc3ccccc3)CCN(Cc3cc(C)cc(CNOC(O)C(O)C(O)CO)c3O)CC2)c1. The third-order valence-corrected chi connectivity index (χ3v) is 10.4. The van der Waals surface area contributed by atoms with E-state index in [9.17, 15) is 46.0 Å². The monoisotopic (exact) mass is 817 g/mol. The largest absolute Gasteiger partial charge is 0.507 e. The van der Waals surface area contributed by atoms with Crippen molar-refractivity contribution >= 4 is 0 Å². The second-order valence-corrected chi connectivity index (χ2v) is 15.2. The number of rotatable bonds is 21. The first-order chi connectivity index (χ1) is 27.7. The number of hydrogen-bond donors (Lipinski definition) is 13. The van der Waals surface area contributed by atoms with Gasteiger partial charge in [-0.1, -0.05) is 65.7 Å². The smallest absolute Gasteiger partial charge is 0.203 e. The Morgan fingerprint density at radius 1 is 0.569 bits per heavy atom. The van der Waals surface area contributed by atoms with Gasteiger partial charge in [-0.05, 0) is 19.4 Å². The molecule has 0 aliphatic carbocycles. The summed E-state index contributed by atoms with van der Waals surface area (Å²) in [7, 11) is 0. The van der Waals surface area contributed by atoms with Crippen LogP contribution >= 0.6 is 0 Å². The lowest BCUT2D eigenvalue weighted by atomic mass is 10.0. The summed E-state index contributed by atoms with van der Waals surface area (Å²) in [6, 6.07) is 17.7. The molecule has 0 radical (unpaired) electrons. The molecule has 1 saturated heterocycles. The van der Waals surface area contributed by atoms with Crippen LogP contribution in [0, 0.1) is 13.8 Å². The van der Waals surface area contributed by atoms with E-state index in [1.54, 1.807) is 6.07 Å². The van der Waals surface area contributed by atoms with Gasteiger partial charge < -0.3 is 61.5 Å². The van der Waals surface area contributed by atoms with Crippen LogP contribution in [-0.2, 0) is 37.6 Å². The van der Waals surface area contributed by atoms with E-state index in [1.165, 1.54) is 5.56 Å². The first-order valence-corrected chi connectivity index (χ1v) is 19.6. The summed E-state index contributed by atoms with van der Waals surface area (Å²) in [5.74, 6) is 0.153. The Hall–Kier alpha value is -3.34. The minimum Gasteiger partial charge on any atom is -0.507 e. The predicted octanol–water partition coefficient (Wildman–Crippen LogP) is -1.89. The molecule has 1 aliphatic rings. The van der Waals surface area contributed by atoms with Crippen molar-refractivity contribution in [3.8, 4) is 11.5 Å². The van der Waals surface area contributed by atoms with Gasteiger partial charge in [-0.2, -0.15) is 5.48 Å². The Bertz CT molecular complexity index is 1680. The van der Waals surface area contributed by atoms with Gasteiger partial charge in [0.15, 0.2) is 0 Å². The van der Waals surface area contributed by atoms with Gasteiger partial charge in [0.2, 0.25) is 6.29 Å². The molecule has 17 heteroatoms. The summed E-state index contributed by atoms with van der Waals surface area (Å²) in [6.45, 7) is 8.17. The van der Waals surface area contributed by atoms with Gasteiger partial charge in [0.05, 0.1) is 19.3 Å². The molecule has 1 heterocycles. The molecule has 324 valence electrons. The normalized spacial score (nSPS) is 18.7. The van der Waals surface area contributed by atoms with Crippen LogP contribution in [0.2, 0.25) is 0 Å². The highest BCUT2D eigenvalue weighted by Crippen LogP contribution is 2.28. The third kappa shape index (κ3) is 14.1. The van der Waals surface area contributed by atoms with Crippen LogP contribution in [0.5, 0.6) is 11.5 Å². The van der Waals surface area contributed by atoms with E-state index >= 15 is 0 Å². The molecule has 58 heavy (non-hydrogen) atoms. The molecule has 0 bridgehead atoms. The van der Waals surface area contributed by atoms with Crippen molar-refractivity contribution in [2.45, 2.75) is 89.5 Å². The molecule has 4 rings (SSSR count). The van der Waals surface area contributed by atoms with Crippen LogP contribution < -0.4 is 10.8 Å². The number of nitrogens with one attached hydrogen (secondary N) is 2. The molecule has 0 saturated carbocycles. The van der Waals surface area contributed by atoms with Crippen LogP contribution in [0.1, 0.15) is 38.9 Å². The highest BCUT2D eigenvalue weighted by Gasteiger charge is 2.30. The van der Waals surface area contributed by atoms with E-state index in [-0.39, 0.29) is 31.1 Å². The molecule has 13 N–H and O–H groups in total. The Labute approximate surface area is 339 Å². The molecular weight excluding hydrogens is 754 g/mol. The van der Waals surface area contributed by atoms with Crippen molar-refractivity contribution < 1.29 is 61.0 Å². The van der Waals surface area contributed by atoms with E-state index in [4.69, 9.17) is 15.1 Å². The van der Waals surface area contributed by atoms with E-state index in [2.05, 4.69) is 37.6 Å². The Kier molecular flexibility index (Phi) is 19.1. The lowest BCUT2D eigenvalue weighted by Crippen LogP contribution is -2.48. The van der Waals surface area contributed by atoms with Crippen LogP contribution in [0.25, 0.3) is 0 Å². The maximum Gasteiger partial charge on any atom is 0.203 e. The zero-order valence-corrected chi connectivity index (χ0v) is 33.3. The van der Waals surface area contributed by atoms with Crippen LogP contribution in [0.4, 0.5) is 0 Å². The second-order valence-electron chi connectivity index (χ2n) is 15.2. The number of hydroxylamine groups is 1. The third-order valence-electron chi connectivity index (χ3n) is 10.4. The zero-order valence-electron chi connectivity index (χ0n) is 33.3. The van der Waals surface area contributed by atoms with Crippen LogP contribution in [0.3, 0.4) is 0 Å². The first-order valence-electron chi connectivity index (χ1n) is 19.6. The number of aliphatic hydroxyl groups is 9. The highest BCUT2D eigenvalue weighted by molar-refractivity contribution is 5.44. The van der Waals surface area contributed by atoms with Gasteiger partial charge >= 0.3 is 0 Å². The summed E-state index contributed by atoms with van der Waals surface area (Å²) in [5, 5.41) is 113. The molecule has 7 unspecified atom stereocenters. The number of benzene rings is 3. The Morgan fingerprint density at radius 2 is 1.00 bits per heavy atom. The number of phenolic OH excluding ortho intramolecular Hbond substituents is 2. The lowest BCUT2D eigenvalue weighted by Gasteiger charge is -2.27. The standard InChI is InChI=1S/C41H63N5O12/c1-26-14-29(18-42-20-33(49)38(54)39(55)34(50)24-47)36(52)31(16-26)22-45-10-8-44(21-28-6-4-3-5-7-28)9-11-46(13-12-45)23-32-17-27(2)15-30(37(32)53)19-43-58-41(57)40(56)35(51)25-48/h3-7,14-17,33-35,38-43,47-57H,8-13,18-25H2,1-2H3. The van der Waals surface area contributed by atoms with E-state index < -0.39 is 56.1 Å². The van der Waals surface area contributed by atoms with Crippen molar-refractivity contribution in [3.05, 3.63) is 93.5 Å². The van der Waals surface area contributed by atoms with E-state index in [0.717, 1.165) is 42.9 Å². The maximum atomic E-state index is 11.4.